The van der Waals surface area contributed by atoms with E-state index in [-0.39, 0.29) is 17.4 Å². The first-order valence-corrected chi connectivity index (χ1v) is 10.0. The molecule has 0 radical (unpaired) electrons. The van der Waals surface area contributed by atoms with Crippen LogP contribution >= 0.6 is 0 Å². The van der Waals surface area contributed by atoms with Gasteiger partial charge < -0.3 is 15.3 Å². The number of fused-ring (bicyclic) bond motifs is 1. The van der Waals surface area contributed by atoms with E-state index in [0.29, 0.717) is 22.4 Å². The normalized spacial score (nSPS) is 17.7. The number of pyridine rings is 1. The molecule has 1 saturated carbocycles. The van der Waals surface area contributed by atoms with E-state index in [1.54, 1.807) is 24.3 Å². The zero-order chi connectivity index (χ0) is 19.7. The Labute approximate surface area is 164 Å². The average Bonchev–Trinajstić information content (AvgIpc) is 3.53. The molecule has 2 N–H and O–H groups in total. The molecule has 0 spiro atoms. The van der Waals surface area contributed by atoms with Gasteiger partial charge in [0.25, 0.3) is 0 Å². The van der Waals surface area contributed by atoms with Gasteiger partial charge in [0, 0.05) is 43.2 Å². The molecule has 0 atom stereocenters. The number of nitrogens with zero attached hydrogens (tertiary/aromatic N) is 3. The number of carboxylic acid groups (broad SMARTS) is 1. The van der Waals surface area contributed by atoms with Gasteiger partial charge in [-0.25, -0.2) is 9.78 Å². The van der Waals surface area contributed by atoms with Crippen LogP contribution in [-0.2, 0) is 4.79 Å². The lowest BCUT2D eigenvalue weighted by molar-refractivity contribution is -0.117. The molecule has 0 bridgehead atoms. The molecule has 1 aliphatic heterocycles. The van der Waals surface area contributed by atoms with Crippen molar-refractivity contribution in [1.29, 1.82) is 0 Å². The number of carbonyl (C=O) groups excluding carboxylic acids is 1. The van der Waals surface area contributed by atoms with Gasteiger partial charge in [-0.05, 0) is 50.1 Å². The Hall–Kier alpha value is -2.67. The van der Waals surface area contributed by atoms with Crippen LogP contribution in [0.5, 0.6) is 0 Å². The molecule has 1 aliphatic carbocycles. The van der Waals surface area contributed by atoms with Crippen molar-refractivity contribution in [3.8, 4) is 0 Å². The second kappa shape index (κ2) is 7.75. The molecule has 2 aliphatic rings. The molecule has 1 amide bonds. The summed E-state index contributed by atoms with van der Waals surface area (Å²) in [7, 11) is 0. The van der Waals surface area contributed by atoms with Gasteiger partial charge in [0.15, 0.2) is 0 Å². The fraction of sp³-hybridized carbons (Fsp3) is 0.476. The molecule has 1 aromatic heterocycles. The Balaban J connectivity index is 1.61. The van der Waals surface area contributed by atoms with E-state index >= 15 is 0 Å². The third kappa shape index (κ3) is 3.94. The van der Waals surface area contributed by atoms with E-state index in [1.807, 2.05) is 0 Å². The molecule has 28 heavy (non-hydrogen) atoms. The number of hydrogen-bond donors (Lipinski definition) is 2. The largest absolute Gasteiger partial charge is 0.478 e. The Morgan fingerprint density at radius 2 is 1.93 bits per heavy atom. The molecular weight excluding hydrogens is 356 g/mol. The van der Waals surface area contributed by atoms with E-state index in [1.165, 1.54) is 0 Å². The summed E-state index contributed by atoms with van der Waals surface area (Å²) in [4.78, 5) is 33.2. The summed E-state index contributed by atoms with van der Waals surface area (Å²) in [5.41, 5.74) is 1.48. The molecule has 4 rings (SSSR count). The number of aromatic carboxylic acids is 1. The maximum Gasteiger partial charge on any atom is 0.336 e. The van der Waals surface area contributed by atoms with E-state index < -0.39 is 5.97 Å². The number of carbonyl (C=O) groups is 2. The number of anilines is 2. The van der Waals surface area contributed by atoms with Crippen molar-refractivity contribution in [2.24, 2.45) is 5.92 Å². The Morgan fingerprint density at radius 1 is 1.18 bits per heavy atom. The quantitative estimate of drug-likeness (QED) is 0.799. The summed E-state index contributed by atoms with van der Waals surface area (Å²) in [6.45, 7) is 6.87. The van der Waals surface area contributed by atoms with E-state index in [2.05, 4.69) is 22.0 Å². The van der Waals surface area contributed by atoms with Gasteiger partial charge in [-0.3, -0.25) is 9.69 Å². The van der Waals surface area contributed by atoms with Crippen LogP contribution < -0.4 is 10.2 Å². The van der Waals surface area contributed by atoms with Crippen LogP contribution in [0.2, 0.25) is 0 Å². The highest BCUT2D eigenvalue weighted by molar-refractivity contribution is 6.05. The number of hydrogen-bond acceptors (Lipinski definition) is 5. The average molecular weight is 382 g/mol. The second-order valence-corrected chi connectivity index (χ2v) is 7.66. The summed E-state index contributed by atoms with van der Waals surface area (Å²) in [6, 6.07) is 6.97. The molecule has 2 heterocycles. The molecular formula is C21H26N4O3. The van der Waals surface area contributed by atoms with Crippen LogP contribution in [0.15, 0.2) is 24.3 Å². The highest BCUT2D eigenvalue weighted by atomic mass is 16.4. The first kappa shape index (κ1) is 18.7. The summed E-state index contributed by atoms with van der Waals surface area (Å²) < 4.78 is 0. The summed E-state index contributed by atoms with van der Waals surface area (Å²) in [5.74, 6) is -0.174. The highest BCUT2D eigenvalue weighted by Crippen LogP contribution is 2.31. The fourth-order valence-electron chi connectivity index (χ4n) is 3.74. The smallest absolute Gasteiger partial charge is 0.336 e. The highest BCUT2D eigenvalue weighted by Gasteiger charge is 2.29. The zero-order valence-corrected chi connectivity index (χ0v) is 16.1. The number of rotatable bonds is 6. The second-order valence-electron chi connectivity index (χ2n) is 7.66. The van der Waals surface area contributed by atoms with Crippen molar-refractivity contribution in [1.82, 2.24) is 9.88 Å². The Morgan fingerprint density at radius 3 is 2.57 bits per heavy atom. The lowest BCUT2D eigenvalue weighted by Crippen LogP contribution is -2.46. The Bertz CT molecular complexity index is 902. The van der Waals surface area contributed by atoms with Crippen molar-refractivity contribution in [2.45, 2.75) is 26.2 Å². The number of piperazine rings is 1. The number of carboxylic acids is 1. The Kier molecular flexibility index (Phi) is 5.17. The predicted molar refractivity (Wildman–Crippen MR) is 109 cm³/mol. The third-order valence-electron chi connectivity index (χ3n) is 5.48. The van der Waals surface area contributed by atoms with Gasteiger partial charge in [0.2, 0.25) is 5.91 Å². The molecule has 148 valence electrons. The topological polar surface area (TPSA) is 85.8 Å². The zero-order valence-electron chi connectivity index (χ0n) is 16.1. The van der Waals surface area contributed by atoms with Crippen LogP contribution in [-0.4, -0.2) is 59.6 Å². The van der Waals surface area contributed by atoms with E-state index in [4.69, 9.17) is 4.98 Å². The summed E-state index contributed by atoms with van der Waals surface area (Å²) >= 11 is 0. The van der Waals surface area contributed by atoms with Crippen LogP contribution in [0, 0.1) is 5.92 Å². The molecule has 1 aromatic carbocycles. The third-order valence-corrected chi connectivity index (χ3v) is 5.48. The standard InChI is InChI=1S/C21H26N4O3/c1-2-7-24-8-10-25(11-9-24)19-13-17(21(27)28)16-12-15(5-6-18(16)23-19)22-20(26)14-3-4-14/h5-6,12-14H,2-4,7-11H2,1H3,(H,22,26)(H,27,28). The number of benzene rings is 1. The minimum atomic E-state index is -0.982. The summed E-state index contributed by atoms with van der Waals surface area (Å²) in [6.07, 6.45) is 2.99. The first-order valence-electron chi connectivity index (χ1n) is 10.0. The van der Waals surface area contributed by atoms with Crippen molar-refractivity contribution in [2.75, 3.05) is 42.9 Å². The molecule has 2 fully saturated rings. The van der Waals surface area contributed by atoms with E-state index in [9.17, 15) is 14.7 Å². The molecule has 7 nitrogen and oxygen atoms in total. The minimum absolute atomic E-state index is 0.00533. The van der Waals surface area contributed by atoms with Gasteiger partial charge >= 0.3 is 5.97 Å². The monoisotopic (exact) mass is 382 g/mol. The number of aromatic nitrogens is 1. The maximum absolute atomic E-state index is 12.0. The lowest BCUT2D eigenvalue weighted by Gasteiger charge is -2.35. The van der Waals surface area contributed by atoms with Gasteiger partial charge in [0.05, 0.1) is 11.1 Å². The molecule has 1 saturated heterocycles. The van der Waals surface area contributed by atoms with E-state index in [0.717, 1.165) is 52.0 Å². The first-order chi connectivity index (χ1) is 13.5. The SMILES string of the molecule is CCCN1CCN(c2cc(C(=O)O)c3cc(NC(=O)C4CC4)ccc3n2)CC1. The van der Waals surface area contributed by atoms with Crippen molar-refractivity contribution < 1.29 is 14.7 Å². The van der Waals surface area contributed by atoms with Gasteiger partial charge in [-0.1, -0.05) is 6.92 Å². The van der Waals surface area contributed by atoms with Crippen molar-refractivity contribution >= 4 is 34.3 Å². The predicted octanol–water partition coefficient (Wildman–Crippen LogP) is 2.81. The number of nitrogens with one attached hydrogen (secondary N) is 1. The van der Waals surface area contributed by atoms with Gasteiger partial charge in [0.1, 0.15) is 5.82 Å². The van der Waals surface area contributed by atoms with Gasteiger partial charge in [-0.2, -0.15) is 0 Å². The summed E-state index contributed by atoms with van der Waals surface area (Å²) in [5, 5.41) is 13.2. The fourth-order valence-corrected chi connectivity index (χ4v) is 3.74. The molecule has 2 aromatic rings. The minimum Gasteiger partial charge on any atom is -0.478 e. The number of amides is 1. The lowest BCUT2D eigenvalue weighted by atomic mass is 10.1. The molecule has 0 unspecified atom stereocenters. The van der Waals surface area contributed by atoms with Crippen LogP contribution in [0.1, 0.15) is 36.5 Å². The van der Waals surface area contributed by atoms with Gasteiger partial charge in [-0.15, -0.1) is 0 Å². The van der Waals surface area contributed by atoms with Crippen molar-refractivity contribution in [3.05, 3.63) is 29.8 Å². The maximum atomic E-state index is 12.0. The van der Waals surface area contributed by atoms with Crippen molar-refractivity contribution in [3.63, 3.8) is 0 Å². The van der Waals surface area contributed by atoms with Crippen LogP contribution in [0.4, 0.5) is 11.5 Å². The van der Waals surface area contributed by atoms with Crippen LogP contribution in [0.25, 0.3) is 10.9 Å². The van der Waals surface area contributed by atoms with Crippen LogP contribution in [0.3, 0.4) is 0 Å². The molecule has 7 heteroatoms.